The molecule has 18 N–H and O–H groups in total. The van der Waals surface area contributed by atoms with E-state index in [4.69, 9.17) is 18.9 Å². The van der Waals surface area contributed by atoms with Gasteiger partial charge in [-0.1, -0.05) is 36.4 Å². The number of benzene rings is 4. The first kappa shape index (κ1) is 54.5. The third kappa shape index (κ3) is 14.2. The highest BCUT2D eigenvalue weighted by Crippen LogP contribution is 2.28. The molecule has 2 aliphatic heterocycles. The number of amides is 2. The lowest BCUT2D eigenvalue weighted by Gasteiger charge is -2.39. The highest BCUT2D eigenvalue weighted by Gasteiger charge is 2.46. The molecule has 4 aromatic rings. The van der Waals surface area contributed by atoms with Gasteiger partial charge in [-0.15, -0.1) is 0 Å². The summed E-state index contributed by atoms with van der Waals surface area (Å²) in [5.41, 5.74) is 4.18. The SMILES string of the molecule is Cc1cc(NC(=O)CCc2ccc(O[C@@H]3OC(CO)[C@H](O)[C@H](O)C3O)cc2)ccc1CCc1ccc(NC(=O)CCc2ccc(O[C@@H]3OC(CO)[C@H](O)[C@H](O)C3O)cc2)cc1S(=O)(=O)[O-].[NH4+].[NH4+]. The Morgan fingerprint density at radius 2 is 0.985 bits per heavy atom. The lowest BCUT2D eigenvalue weighted by molar-refractivity contribution is -0.277. The molecule has 4 aromatic carbocycles. The van der Waals surface area contributed by atoms with E-state index >= 15 is 0 Å². The van der Waals surface area contributed by atoms with Crippen LogP contribution in [0.3, 0.4) is 0 Å². The van der Waals surface area contributed by atoms with Crippen LogP contribution in [-0.2, 0) is 54.9 Å². The number of carbonyl (C=O) groups excluding carboxylic acids is 2. The summed E-state index contributed by atoms with van der Waals surface area (Å²) in [6, 6.07) is 22.5. The van der Waals surface area contributed by atoms with Crippen LogP contribution in [0.15, 0.2) is 89.8 Å². The van der Waals surface area contributed by atoms with Crippen molar-refractivity contribution >= 4 is 33.3 Å². The maximum absolute atomic E-state index is 12.8. The summed E-state index contributed by atoms with van der Waals surface area (Å²) in [5, 5.41) is 84.6. The second-order valence-corrected chi connectivity index (χ2v) is 17.3. The smallest absolute Gasteiger partial charge is 0.229 e. The van der Waals surface area contributed by atoms with Crippen molar-refractivity contribution in [1.82, 2.24) is 12.3 Å². The minimum absolute atomic E-state index is 0. The molecule has 4 unspecified atom stereocenters. The number of carbonyl (C=O) groups is 2. The van der Waals surface area contributed by atoms with Gasteiger partial charge in [0.15, 0.2) is 0 Å². The molecule has 0 radical (unpaired) electrons. The van der Waals surface area contributed by atoms with Gasteiger partial charge in [0.1, 0.15) is 70.4 Å². The molecule has 0 spiro atoms. The number of nitrogens with one attached hydrogen (secondary N) is 2. The quantitative estimate of drug-likeness (QED) is 0.0617. The van der Waals surface area contributed by atoms with Crippen molar-refractivity contribution in [3.05, 3.63) is 113 Å². The Bertz CT molecular complexity index is 2350. The number of anilines is 2. The number of aliphatic hydroxyl groups is 8. The molecule has 0 saturated carbocycles. The van der Waals surface area contributed by atoms with Gasteiger partial charge in [-0.05, 0) is 109 Å². The van der Waals surface area contributed by atoms with Crippen LogP contribution in [0.5, 0.6) is 11.5 Å². The van der Waals surface area contributed by atoms with E-state index in [2.05, 4.69) is 10.6 Å². The van der Waals surface area contributed by atoms with Crippen molar-refractivity contribution in [3.63, 3.8) is 0 Å². The molecule has 368 valence electrons. The fourth-order valence-electron chi connectivity index (χ4n) is 7.42. The third-order valence-corrected chi connectivity index (χ3v) is 12.2. The van der Waals surface area contributed by atoms with Crippen LogP contribution in [0.1, 0.15) is 40.7 Å². The molecule has 2 amide bonds. The molecular weight excluding hydrogens is 901 g/mol. The van der Waals surface area contributed by atoms with Gasteiger partial charge in [0.2, 0.25) is 24.4 Å². The Labute approximate surface area is 386 Å². The molecule has 0 aromatic heterocycles. The highest BCUT2D eigenvalue weighted by atomic mass is 32.2. The molecule has 6 rings (SSSR count). The van der Waals surface area contributed by atoms with Crippen molar-refractivity contribution in [2.75, 3.05) is 23.8 Å². The number of aryl methyl sites for hydroxylation is 5. The Morgan fingerprint density at radius 3 is 1.39 bits per heavy atom. The van der Waals surface area contributed by atoms with Gasteiger partial charge in [0.25, 0.3) is 0 Å². The van der Waals surface area contributed by atoms with E-state index in [0.29, 0.717) is 24.3 Å². The van der Waals surface area contributed by atoms with Crippen molar-refractivity contribution in [3.8, 4) is 11.5 Å². The van der Waals surface area contributed by atoms with E-state index in [0.717, 1.165) is 28.3 Å². The first-order valence-corrected chi connectivity index (χ1v) is 22.2. The van der Waals surface area contributed by atoms with E-state index in [1.807, 2.05) is 6.92 Å². The number of quaternary nitrogens is 2. The molecule has 0 bridgehead atoms. The standard InChI is InChI=1S/C45H54N2O17S.2H3N/c1-24-20-29(46-36(50)18-6-25-2-14-31(15-3-25)61-44-42(56)40(54)38(52)33(22-48)63-44)12-10-27(24)8-9-28-11-13-30(21-35(28)65(58,59)60)47-37(51)19-7-26-4-16-32(17-5-26)62-45-43(57)41(55)39(53)34(23-49)64-45;;/h2-5,10-17,20-21,33-34,38-45,48-49,52-57H,6-9,18-19,22-23H2,1H3,(H,46,50)(H,47,51)(H,58,59,60);2*1H3/p+1/t33?,34?,38-,39-,40-,41-,42?,43?,44+,45+;;/m0../s1. The van der Waals surface area contributed by atoms with Gasteiger partial charge in [-0.25, -0.2) is 8.42 Å². The second-order valence-electron chi connectivity index (χ2n) is 15.9. The Morgan fingerprint density at radius 1 is 0.582 bits per heavy atom. The fraction of sp³-hybridized carbons (Fsp3) is 0.422. The zero-order chi connectivity index (χ0) is 47.0. The van der Waals surface area contributed by atoms with Crippen molar-refractivity contribution in [2.24, 2.45) is 0 Å². The van der Waals surface area contributed by atoms with E-state index in [-0.39, 0.29) is 60.9 Å². The predicted molar refractivity (Wildman–Crippen MR) is 241 cm³/mol. The summed E-state index contributed by atoms with van der Waals surface area (Å²) in [6.07, 6.45) is -12.8. The van der Waals surface area contributed by atoms with Gasteiger partial charge in [-0.3, -0.25) is 9.59 Å². The average Bonchev–Trinajstić information content (AvgIpc) is 3.28. The van der Waals surface area contributed by atoms with Crippen LogP contribution >= 0.6 is 0 Å². The molecular formula is C45H61N4O17S+. The monoisotopic (exact) mass is 961 g/mol. The van der Waals surface area contributed by atoms with Crippen LogP contribution in [0.25, 0.3) is 0 Å². The molecule has 10 atom stereocenters. The molecule has 67 heavy (non-hydrogen) atoms. The normalized spacial score (nSPS) is 24.9. The van der Waals surface area contributed by atoms with Gasteiger partial charge in [-0.2, -0.15) is 0 Å². The van der Waals surface area contributed by atoms with E-state index in [9.17, 15) is 63.4 Å². The maximum Gasteiger partial charge on any atom is 0.229 e. The van der Waals surface area contributed by atoms with Crippen LogP contribution in [0.2, 0.25) is 0 Å². The summed E-state index contributed by atoms with van der Waals surface area (Å²) >= 11 is 0. The first-order valence-electron chi connectivity index (χ1n) is 20.8. The predicted octanol–water partition coefficient (Wildman–Crippen LogP) is 0.937. The molecule has 2 saturated heterocycles. The van der Waals surface area contributed by atoms with E-state index < -0.39 is 95.5 Å². The van der Waals surface area contributed by atoms with Gasteiger partial charge < -0.3 is 87.3 Å². The fourth-order valence-corrected chi connectivity index (χ4v) is 8.19. The third-order valence-electron chi connectivity index (χ3n) is 11.2. The van der Waals surface area contributed by atoms with Gasteiger partial charge in [0.05, 0.1) is 18.1 Å². The number of hydrogen-bond acceptors (Lipinski definition) is 17. The summed E-state index contributed by atoms with van der Waals surface area (Å²) in [4.78, 5) is 25.2. The highest BCUT2D eigenvalue weighted by molar-refractivity contribution is 7.85. The minimum Gasteiger partial charge on any atom is -0.744 e. The molecule has 0 aliphatic carbocycles. The van der Waals surface area contributed by atoms with Gasteiger partial charge in [0, 0.05) is 24.2 Å². The van der Waals surface area contributed by atoms with Crippen molar-refractivity contribution in [1.29, 1.82) is 0 Å². The second kappa shape index (κ2) is 24.2. The Hall–Kier alpha value is -5.15. The lowest BCUT2D eigenvalue weighted by atomic mass is 9.99. The number of aliphatic hydroxyl groups excluding tert-OH is 8. The number of rotatable bonds is 18. The minimum atomic E-state index is -4.92. The zero-order valence-electron chi connectivity index (χ0n) is 37.2. The van der Waals surface area contributed by atoms with Crippen molar-refractivity contribution in [2.45, 2.75) is 112 Å². The zero-order valence-corrected chi connectivity index (χ0v) is 38.0. The summed E-state index contributed by atoms with van der Waals surface area (Å²) in [6.45, 7) is 0.660. The molecule has 21 nitrogen and oxygen atoms in total. The summed E-state index contributed by atoms with van der Waals surface area (Å²) < 4.78 is 58.9. The summed E-state index contributed by atoms with van der Waals surface area (Å²) in [7, 11) is -4.92. The summed E-state index contributed by atoms with van der Waals surface area (Å²) in [5.74, 6) is -0.122. The Balaban J connectivity index is 0.00000490. The number of ether oxygens (including phenoxy) is 4. The maximum atomic E-state index is 12.8. The first-order chi connectivity index (χ1) is 30.9. The van der Waals surface area contributed by atoms with Crippen molar-refractivity contribution < 1.29 is 82.4 Å². The average molecular weight is 962 g/mol. The van der Waals surface area contributed by atoms with Crippen LogP contribution in [-0.4, -0.2) is 140 Å². The largest absolute Gasteiger partial charge is 0.744 e. The topological polar surface area (TPSA) is 387 Å². The van der Waals surface area contributed by atoms with Crippen LogP contribution in [0.4, 0.5) is 11.4 Å². The molecule has 2 aliphatic rings. The van der Waals surface area contributed by atoms with Gasteiger partial charge >= 0.3 is 0 Å². The Kier molecular flexibility index (Phi) is 19.7. The molecule has 2 fully saturated rings. The molecule has 2 heterocycles. The lowest BCUT2D eigenvalue weighted by Crippen LogP contribution is -2.60. The van der Waals surface area contributed by atoms with E-state index in [1.165, 1.54) is 12.1 Å². The van der Waals surface area contributed by atoms with Crippen LogP contribution in [0, 0.1) is 6.92 Å². The molecule has 22 heteroatoms. The van der Waals surface area contributed by atoms with E-state index in [1.54, 1.807) is 66.7 Å². The van der Waals surface area contributed by atoms with Crippen LogP contribution < -0.4 is 32.4 Å². The number of hydrogen-bond donors (Lipinski definition) is 12.